The topological polar surface area (TPSA) is 69.7 Å². The Bertz CT molecular complexity index is 1440. The van der Waals surface area contributed by atoms with Gasteiger partial charge in [-0.25, -0.2) is 0 Å². The molecule has 3 atom stereocenters. The van der Waals surface area contributed by atoms with E-state index in [-0.39, 0.29) is 11.5 Å². The van der Waals surface area contributed by atoms with E-state index in [1.807, 2.05) is 12.1 Å². The van der Waals surface area contributed by atoms with E-state index >= 15 is 0 Å². The van der Waals surface area contributed by atoms with Crippen LogP contribution in [0.5, 0.6) is 5.75 Å². The summed E-state index contributed by atoms with van der Waals surface area (Å²) in [7, 11) is 0. The second-order valence-corrected chi connectivity index (χ2v) is 12.0. The van der Waals surface area contributed by atoms with Crippen molar-refractivity contribution < 1.29 is 23.9 Å². The second-order valence-electron chi connectivity index (χ2n) is 8.97. The third-order valence-corrected chi connectivity index (χ3v) is 8.43. The van der Waals surface area contributed by atoms with Gasteiger partial charge in [0.25, 0.3) is 0 Å². The van der Waals surface area contributed by atoms with Crippen molar-refractivity contribution in [3.8, 4) is 5.75 Å². The summed E-state index contributed by atoms with van der Waals surface area (Å²) in [5.74, 6) is -2.05. The van der Waals surface area contributed by atoms with Crippen LogP contribution in [0.4, 0.5) is 0 Å². The highest BCUT2D eigenvalue weighted by Gasteiger charge is 2.89. The highest BCUT2D eigenvalue weighted by atomic mass is 79.9. The summed E-state index contributed by atoms with van der Waals surface area (Å²) in [6.07, 6.45) is 0. The van der Waals surface area contributed by atoms with Crippen LogP contribution in [0.1, 0.15) is 41.3 Å². The van der Waals surface area contributed by atoms with Gasteiger partial charge in [0.1, 0.15) is 11.5 Å². The summed E-state index contributed by atoms with van der Waals surface area (Å²) >= 11 is 10.2. The molecule has 1 aliphatic carbocycles. The van der Waals surface area contributed by atoms with Crippen molar-refractivity contribution in [2.45, 2.75) is 19.8 Å². The predicted octanol–water partition coefficient (Wildman–Crippen LogP) is 7.43. The molecule has 36 heavy (non-hydrogen) atoms. The van der Waals surface area contributed by atoms with Crippen molar-refractivity contribution in [1.29, 1.82) is 0 Å². The molecule has 0 spiro atoms. The summed E-state index contributed by atoms with van der Waals surface area (Å²) in [6.45, 7) is 3.39. The summed E-state index contributed by atoms with van der Waals surface area (Å²) in [5, 5.41) is 0. The lowest BCUT2D eigenvalue weighted by Gasteiger charge is -2.23. The van der Waals surface area contributed by atoms with E-state index < -0.39 is 28.7 Å². The van der Waals surface area contributed by atoms with Gasteiger partial charge in [-0.3, -0.25) is 14.4 Å². The normalized spacial score (nSPS) is 24.6. The van der Waals surface area contributed by atoms with Crippen molar-refractivity contribution in [2.75, 3.05) is 0 Å². The van der Waals surface area contributed by atoms with Gasteiger partial charge in [0.2, 0.25) is 0 Å². The molecule has 1 fully saturated rings. The molecule has 3 unspecified atom stereocenters. The number of benzene rings is 3. The molecule has 0 bridgehead atoms. The Morgan fingerprint density at radius 3 is 2.03 bits per heavy atom. The number of carbonyl (C=O) groups is 3. The zero-order valence-corrected chi connectivity index (χ0v) is 23.9. The molecule has 3 aromatic rings. The Balaban J connectivity index is 1.62. The van der Waals surface area contributed by atoms with Crippen LogP contribution in [0.15, 0.2) is 86.2 Å². The van der Waals surface area contributed by atoms with Gasteiger partial charge in [0.05, 0.1) is 5.41 Å². The smallest absolute Gasteiger partial charge is 0.330 e. The highest BCUT2D eigenvalue weighted by molar-refractivity contribution is 9.11. The largest absolute Gasteiger partial charge is 0.425 e. The average Bonchev–Trinajstić information content (AvgIpc) is 3.46. The minimum atomic E-state index is -1.82. The molecule has 5 nitrogen and oxygen atoms in total. The molecule has 1 saturated carbocycles. The third kappa shape index (κ3) is 3.64. The first kappa shape index (κ1) is 25.1. The Kier molecular flexibility index (Phi) is 6.34. The summed E-state index contributed by atoms with van der Waals surface area (Å²) in [4.78, 5) is 41.5. The Hall–Kier alpha value is -2.55. The fraction of sp³-hybridized carbons (Fsp3) is 0.179. The molecule has 8 heteroatoms. The summed E-state index contributed by atoms with van der Waals surface area (Å²) < 4.78 is 13.8. The monoisotopic (exact) mass is 672 g/mol. The maximum Gasteiger partial charge on any atom is 0.330 e. The van der Waals surface area contributed by atoms with Gasteiger partial charge in [0.15, 0.2) is 11.2 Å². The van der Waals surface area contributed by atoms with E-state index in [2.05, 4.69) is 47.8 Å². The lowest BCUT2D eigenvalue weighted by molar-refractivity contribution is -0.157. The number of Topliss-reactive ketones (excluding diaryl/α,β-unsaturated/α-hetero) is 1. The SMILES string of the molecule is C/C(Br)=C(\OC(=O)C12C(=O)Oc3ccccc3C1C2(C)C(=O)c1ccc(Br)cc1)c1ccc(Br)cc1. The minimum absolute atomic E-state index is 0.262. The van der Waals surface area contributed by atoms with Crippen LogP contribution in [0, 0.1) is 10.8 Å². The van der Waals surface area contributed by atoms with Crippen LogP contribution in [0.2, 0.25) is 0 Å². The van der Waals surface area contributed by atoms with Gasteiger partial charge < -0.3 is 9.47 Å². The summed E-state index contributed by atoms with van der Waals surface area (Å²) in [6, 6.07) is 21.1. The van der Waals surface area contributed by atoms with E-state index in [1.54, 1.807) is 74.5 Å². The lowest BCUT2D eigenvalue weighted by atomic mass is 9.87. The van der Waals surface area contributed by atoms with Gasteiger partial charge in [-0.15, -0.1) is 0 Å². The predicted molar refractivity (Wildman–Crippen MR) is 146 cm³/mol. The van der Waals surface area contributed by atoms with Gasteiger partial charge in [-0.1, -0.05) is 90.3 Å². The number of halogens is 3. The number of ether oxygens (including phenoxy) is 2. The number of esters is 2. The van der Waals surface area contributed by atoms with Crippen LogP contribution in [0.3, 0.4) is 0 Å². The fourth-order valence-electron chi connectivity index (χ4n) is 5.21. The average molecular weight is 675 g/mol. The molecule has 5 rings (SSSR count). The second kappa shape index (κ2) is 9.08. The first-order chi connectivity index (χ1) is 17.1. The van der Waals surface area contributed by atoms with Crippen molar-refractivity contribution in [2.24, 2.45) is 10.8 Å². The fourth-order valence-corrected chi connectivity index (χ4v) is 6.05. The standard InChI is InChI=1S/C28H19Br3O5/c1-15(29)22(16-7-11-18(30)12-8-16)36-26(34)28-23(20-5-3-4-6-21(20)35-25(28)33)27(28,2)24(32)17-9-13-19(31)14-10-17/h3-14,23H,1-2H3/b22-15+. The molecule has 0 N–H and O–H groups in total. The van der Waals surface area contributed by atoms with Gasteiger partial charge >= 0.3 is 11.9 Å². The Morgan fingerprint density at radius 2 is 1.44 bits per heavy atom. The Labute approximate surface area is 233 Å². The highest BCUT2D eigenvalue weighted by Crippen LogP contribution is 2.78. The molecule has 0 aromatic heterocycles. The van der Waals surface area contributed by atoms with Crippen molar-refractivity contribution in [3.05, 3.63) is 103 Å². The number of para-hydroxylation sites is 1. The van der Waals surface area contributed by atoms with Crippen molar-refractivity contribution in [3.63, 3.8) is 0 Å². The number of carbonyl (C=O) groups excluding carboxylic acids is 3. The molecule has 0 saturated heterocycles. The van der Waals surface area contributed by atoms with E-state index in [0.29, 0.717) is 26.9 Å². The number of hydrogen-bond donors (Lipinski definition) is 0. The molecule has 182 valence electrons. The Morgan fingerprint density at radius 1 is 0.889 bits per heavy atom. The van der Waals surface area contributed by atoms with Crippen LogP contribution in [-0.4, -0.2) is 17.7 Å². The van der Waals surface area contributed by atoms with E-state index in [1.165, 1.54) is 0 Å². The summed E-state index contributed by atoms with van der Waals surface area (Å²) in [5.41, 5.74) is -1.55. The molecule has 1 heterocycles. The van der Waals surface area contributed by atoms with Gasteiger partial charge in [0, 0.05) is 36.0 Å². The first-order valence-electron chi connectivity index (χ1n) is 11.1. The number of ketones is 1. The molecular weight excluding hydrogens is 656 g/mol. The molecule has 1 aliphatic heterocycles. The van der Waals surface area contributed by atoms with Crippen molar-refractivity contribution >= 4 is 71.3 Å². The van der Waals surface area contributed by atoms with Crippen LogP contribution in [-0.2, 0) is 14.3 Å². The maximum absolute atomic E-state index is 14.0. The number of allylic oxidation sites excluding steroid dienone is 1. The van der Waals surface area contributed by atoms with E-state index in [9.17, 15) is 14.4 Å². The first-order valence-corrected chi connectivity index (χ1v) is 13.5. The van der Waals surface area contributed by atoms with E-state index in [4.69, 9.17) is 9.47 Å². The number of fused-ring (bicyclic) bond motifs is 3. The number of rotatable bonds is 5. The lowest BCUT2D eigenvalue weighted by Crippen LogP contribution is -2.40. The molecule has 3 aromatic carbocycles. The molecule has 0 radical (unpaired) electrons. The van der Waals surface area contributed by atoms with Crippen LogP contribution in [0.25, 0.3) is 5.76 Å². The number of hydrogen-bond acceptors (Lipinski definition) is 5. The third-order valence-electron chi connectivity index (χ3n) is 7.01. The zero-order chi connectivity index (χ0) is 25.8. The van der Waals surface area contributed by atoms with Gasteiger partial charge in [-0.05, 0) is 44.2 Å². The molecular formula is C28H19Br3O5. The van der Waals surface area contributed by atoms with Crippen LogP contribution < -0.4 is 4.74 Å². The minimum Gasteiger partial charge on any atom is -0.425 e. The van der Waals surface area contributed by atoms with E-state index in [0.717, 1.165) is 8.95 Å². The maximum atomic E-state index is 14.0. The molecule has 0 amide bonds. The zero-order valence-electron chi connectivity index (χ0n) is 19.2. The van der Waals surface area contributed by atoms with Crippen molar-refractivity contribution in [1.82, 2.24) is 0 Å². The van der Waals surface area contributed by atoms with Gasteiger partial charge in [-0.2, -0.15) is 0 Å². The molecule has 2 aliphatic rings. The van der Waals surface area contributed by atoms with Crippen LogP contribution >= 0.6 is 47.8 Å². The quantitative estimate of drug-likeness (QED) is 0.0926.